The Hall–Kier alpha value is -3.47. The monoisotopic (exact) mass is 539 g/mol. The number of rotatable bonds is 9. The standard InChI is InChI=1S/C29H37N3O7/c1-19-9-7-8-12-21(19)16-30-26(34)25-29(2,3)38-18-32(25)27(35)24(33)23(15-20-10-5-4-6-11-20)31-28(36)39-22-13-14-37-17-22/h4-12,22-25,33H,13-18H2,1-3H3,(H,30,34)(H,31,36)/t22-,23-,24-,25+/m0/s1. The summed E-state index contributed by atoms with van der Waals surface area (Å²) in [6, 6.07) is 14.9. The number of amides is 3. The Kier molecular flexibility index (Phi) is 9.21. The Morgan fingerprint density at radius 1 is 1.13 bits per heavy atom. The molecule has 2 aromatic carbocycles. The van der Waals surface area contributed by atoms with Crippen molar-refractivity contribution < 1.29 is 33.7 Å². The molecular formula is C29H37N3O7. The van der Waals surface area contributed by atoms with Gasteiger partial charge in [0.15, 0.2) is 6.10 Å². The minimum absolute atomic E-state index is 0.173. The zero-order chi connectivity index (χ0) is 28.0. The zero-order valence-corrected chi connectivity index (χ0v) is 22.6. The summed E-state index contributed by atoms with van der Waals surface area (Å²) in [5, 5.41) is 16.8. The summed E-state index contributed by atoms with van der Waals surface area (Å²) in [5.74, 6) is -1.11. The van der Waals surface area contributed by atoms with Gasteiger partial charge in [0, 0.05) is 13.0 Å². The molecule has 210 valence electrons. The number of hydrogen-bond donors (Lipinski definition) is 3. The van der Waals surface area contributed by atoms with Gasteiger partial charge in [-0.3, -0.25) is 9.59 Å². The number of benzene rings is 2. The average Bonchev–Trinajstić information content (AvgIpc) is 3.54. The highest BCUT2D eigenvalue weighted by Crippen LogP contribution is 2.29. The molecule has 3 N–H and O–H groups in total. The quantitative estimate of drug-likeness (QED) is 0.445. The van der Waals surface area contributed by atoms with Crippen LogP contribution < -0.4 is 10.6 Å². The molecule has 2 saturated heterocycles. The largest absolute Gasteiger partial charge is 0.444 e. The highest BCUT2D eigenvalue weighted by molar-refractivity contribution is 5.91. The van der Waals surface area contributed by atoms with Gasteiger partial charge in [0.25, 0.3) is 5.91 Å². The highest BCUT2D eigenvalue weighted by atomic mass is 16.6. The van der Waals surface area contributed by atoms with Crippen LogP contribution in [0.1, 0.15) is 37.0 Å². The summed E-state index contributed by atoms with van der Waals surface area (Å²) in [4.78, 5) is 40.9. The molecule has 0 unspecified atom stereocenters. The van der Waals surface area contributed by atoms with Gasteiger partial charge in [0.1, 0.15) is 18.9 Å². The summed E-state index contributed by atoms with van der Waals surface area (Å²) < 4.78 is 16.5. The third-order valence-electron chi connectivity index (χ3n) is 7.19. The average molecular weight is 540 g/mol. The number of aliphatic hydroxyl groups excluding tert-OH is 1. The summed E-state index contributed by atoms with van der Waals surface area (Å²) in [7, 11) is 0. The molecule has 10 heteroatoms. The number of ether oxygens (including phenoxy) is 3. The van der Waals surface area contributed by atoms with Crippen molar-refractivity contribution in [2.45, 2.75) is 70.1 Å². The number of carbonyl (C=O) groups excluding carboxylic acids is 3. The van der Waals surface area contributed by atoms with Gasteiger partial charge in [-0.2, -0.15) is 0 Å². The maximum atomic E-state index is 13.6. The Morgan fingerprint density at radius 2 is 1.85 bits per heavy atom. The SMILES string of the molecule is Cc1ccccc1CNC(=O)[C@H]1N(C(=O)[C@@H](O)[C@H](Cc2ccccc2)NC(=O)O[C@H]2CCOC2)COC1(C)C. The van der Waals surface area contributed by atoms with Gasteiger partial charge in [0.2, 0.25) is 5.91 Å². The third kappa shape index (κ3) is 7.14. The molecule has 2 aliphatic heterocycles. The van der Waals surface area contributed by atoms with Crippen molar-refractivity contribution in [3.63, 3.8) is 0 Å². The maximum Gasteiger partial charge on any atom is 0.407 e. The molecule has 2 heterocycles. The van der Waals surface area contributed by atoms with Crippen molar-refractivity contribution in [3.8, 4) is 0 Å². The minimum atomic E-state index is -1.65. The molecule has 0 aromatic heterocycles. The molecule has 0 bridgehead atoms. The van der Waals surface area contributed by atoms with Crippen molar-refractivity contribution in [2.24, 2.45) is 0 Å². The van der Waals surface area contributed by atoms with E-state index in [9.17, 15) is 19.5 Å². The van der Waals surface area contributed by atoms with E-state index in [1.807, 2.05) is 61.5 Å². The second-order valence-electron chi connectivity index (χ2n) is 10.5. The number of hydrogen-bond acceptors (Lipinski definition) is 7. The van der Waals surface area contributed by atoms with Gasteiger partial charge in [-0.15, -0.1) is 0 Å². The molecule has 3 amide bonds. The summed E-state index contributed by atoms with van der Waals surface area (Å²) in [6.45, 7) is 6.34. The predicted molar refractivity (Wildman–Crippen MR) is 142 cm³/mol. The first kappa shape index (κ1) is 28.5. The fraction of sp³-hybridized carbons (Fsp3) is 0.483. The first-order valence-corrected chi connectivity index (χ1v) is 13.2. The lowest BCUT2D eigenvalue weighted by Crippen LogP contribution is -2.59. The molecule has 4 rings (SSSR count). The van der Waals surface area contributed by atoms with E-state index in [0.29, 0.717) is 19.6 Å². The second-order valence-corrected chi connectivity index (χ2v) is 10.5. The fourth-order valence-electron chi connectivity index (χ4n) is 4.89. The van der Waals surface area contributed by atoms with Gasteiger partial charge < -0.3 is 34.9 Å². The molecule has 4 atom stereocenters. The normalized spacial score (nSPS) is 21.7. The molecule has 0 aliphatic carbocycles. The van der Waals surface area contributed by atoms with Crippen LogP contribution in [0.15, 0.2) is 54.6 Å². The zero-order valence-electron chi connectivity index (χ0n) is 22.6. The van der Waals surface area contributed by atoms with E-state index >= 15 is 0 Å². The van der Waals surface area contributed by atoms with Crippen LogP contribution in [0, 0.1) is 6.92 Å². The van der Waals surface area contributed by atoms with Crippen molar-refractivity contribution >= 4 is 17.9 Å². The topological polar surface area (TPSA) is 126 Å². The van der Waals surface area contributed by atoms with Crippen LogP contribution in [0.5, 0.6) is 0 Å². The molecular weight excluding hydrogens is 502 g/mol. The van der Waals surface area contributed by atoms with E-state index in [0.717, 1.165) is 16.7 Å². The van der Waals surface area contributed by atoms with Crippen LogP contribution in [0.3, 0.4) is 0 Å². The van der Waals surface area contributed by atoms with Crippen LogP contribution in [0.4, 0.5) is 4.79 Å². The lowest BCUT2D eigenvalue weighted by molar-refractivity contribution is -0.147. The van der Waals surface area contributed by atoms with E-state index in [2.05, 4.69) is 10.6 Å². The molecule has 0 saturated carbocycles. The van der Waals surface area contributed by atoms with Crippen molar-refractivity contribution in [1.82, 2.24) is 15.5 Å². The van der Waals surface area contributed by atoms with Gasteiger partial charge in [-0.1, -0.05) is 54.6 Å². The van der Waals surface area contributed by atoms with Crippen LogP contribution in [0.2, 0.25) is 0 Å². The van der Waals surface area contributed by atoms with Crippen molar-refractivity contribution in [2.75, 3.05) is 19.9 Å². The van der Waals surface area contributed by atoms with E-state index in [1.165, 1.54) is 4.90 Å². The van der Waals surface area contributed by atoms with E-state index in [4.69, 9.17) is 14.2 Å². The first-order valence-electron chi connectivity index (χ1n) is 13.2. The second kappa shape index (κ2) is 12.6. The van der Waals surface area contributed by atoms with Gasteiger partial charge in [-0.05, 0) is 43.9 Å². The smallest absolute Gasteiger partial charge is 0.407 e. The minimum Gasteiger partial charge on any atom is -0.444 e. The van der Waals surface area contributed by atoms with E-state index < -0.39 is 41.7 Å². The molecule has 39 heavy (non-hydrogen) atoms. The number of aryl methyl sites for hydroxylation is 1. The molecule has 0 spiro atoms. The summed E-state index contributed by atoms with van der Waals surface area (Å²) in [6.07, 6.45) is -2.03. The Morgan fingerprint density at radius 3 is 2.54 bits per heavy atom. The first-order chi connectivity index (χ1) is 18.7. The number of nitrogens with zero attached hydrogens (tertiary/aromatic N) is 1. The number of carbonyl (C=O) groups is 3. The van der Waals surface area contributed by atoms with Gasteiger partial charge >= 0.3 is 6.09 Å². The molecule has 2 fully saturated rings. The molecule has 10 nitrogen and oxygen atoms in total. The lowest BCUT2D eigenvalue weighted by Gasteiger charge is -2.32. The summed E-state index contributed by atoms with van der Waals surface area (Å²) in [5.41, 5.74) is 1.81. The van der Waals surface area contributed by atoms with Gasteiger partial charge in [0.05, 0.1) is 24.9 Å². The highest BCUT2D eigenvalue weighted by Gasteiger charge is 2.50. The van der Waals surface area contributed by atoms with Crippen molar-refractivity contribution in [3.05, 3.63) is 71.3 Å². The molecule has 2 aromatic rings. The molecule has 2 aliphatic rings. The Bertz CT molecular complexity index is 1150. The Balaban J connectivity index is 1.48. The van der Waals surface area contributed by atoms with Crippen LogP contribution >= 0.6 is 0 Å². The van der Waals surface area contributed by atoms with E-state index in [1.54, 1.807) is 13.8 Å². The Labute approximate surface area is 228 Å². The number of alkyl carbamates (subject to hydrolysis) is 1. The van der Waals surface area contributed by atoms with Crippen LogP contribution in [-0.2, 0) is 36.8 Å². The summed E-state index contributed by atoms with van der Waals surface area (Å²) >= 11 is 0. The number of nitrogens with one attached hydrogen (secondary N) is 2. The fourth-order valence-corrected chi connectivity index (χ4v) is 4.89. The number of aliphatic hydroxyl groups is 1. The van der Waals surface area contributed by atoms with Crippen molar-refractivity contribution in [1.29, 1.82) is 0 Å². The lowest BCUT2D eigenvalue weighted by atomic mass is 9.95. The third-order valence-corrected chi connectivity index (χ3v) is 7.19. The van der Waals surface area contributed by atoms with Crippen LogP contribution in [0.25, 0.3) is 0 Å². The van der Waals surface area contributed by atoms with Crippen LogP contribution in [-0.4, -0.2) is 77.8 Å². The molecule has 0 radical (unpaired) electrons. The maximum absolute atomic E-state index is 13.6. The van der Waals surface area contributed by atoms with Gasteiger partial charge in [-0.25, -0.2) is 4.79 Å². The van der Waals surface area contributed by atoms with E-state index in [-0.39, 0.29) is 25.8 Å². The predicted octanol–water partition coefficient (Wildman–Crippen LogP) is 2.06.